The lowest BCUT2D eigenvalue weighted by Gasteiger charge is -2.15. The van der Waals surface area contributed by atoms with Crippen molar-refractivity contribution >= 4 is 23.4 Å². The molecule has 6 nitrogen and oxygen atoms in total. The number of rotatable bonds is 3. The Balaban J connectivity index is 2.26. The Morgan fingerprint density at radius 1 is 1.44 bits per heavy atom. The summed E-state index contributed by atoms with van der Waals surface area (Å²) < 4.78 is 10.3. The zero-order chi connectivity index (χ0) is 13.3. The van der Waals surface area contributed by atoms with Crippen molar-refractivity contribution in [2.75, 3.05) is 20.4 Å². The molecule has 0 aromatic heterocycles. The topological polar surface area (TPSA) is 81.9 Å². The zero-order valence-corrected chi connectivity index (χ0v) is 10.4. The van der Waals surface area contributed by atoms with Gasteiger partial charge in [-0.3, -0.25) is 9.59 Å². The van der Waals surface area contributed by atoms with Gasteiger partial charge >= 0.3 is 0 Å². The molecule has 2 N–H and O–H groups in total. The highest BCUT2D eigenvalue weighted by atomic mass is 35.5. The van der Waals surface area contributed by atoms with E-state index in [1.54, 1.807) is 0 Å². The number of halogens is 1. The Morgan fingerprint density at radius 3 is 2.83 bits per heavy atom. The molecule has 0 fully saturated rings. The van der Waals surface area contributed by atoms with Crippen LogP contribution in [0.25, 0.3) is 0 Å². The molecule has 0 atom stereocenters. The third kappa shape index (κ3) is 2.33. The zero-order valence-electron chi connectivity index (χ0n) is 9.60. The highest BCUT2D eigenvalue weighted by molar-refractivity contribution is 6.32. The van der Waals surface area contributed by atoms with E-state index in [1.807, 2.05) is 0 Å². The quantitative estimate of drug-likeness (QED) is 0.873. The first-order chi connectivity index (χ1) is 8.49. The van der Waals surface area contributed by atoms with Crippen LogP contribution in [0.3, 0.4) is 0 Å². The van der Waals surface area contributed by atoms with Gasteiger partial charge in [-0.15, -0.1) is 0 Å². The van der Waals surface area contributed by atoms with Crippen molar-refractivity contribution < 1.29 is 19.1 Å². The van der Waals surface area contributed by atoms with E-state index in [1.165, 1.54) is 24.1 Å². The lowest BCUT2D eigenvalue weighted by atomic mass is 10.1. The van der Waals surface area contributed by atoms with E-state index >= 15 is 0 Å². The maximum Gasteiger partial charge on any atom is 0.254 e. The number of primary amides is 1. The minimum Gasteiger partial charge on any atom is -0.454 e. The molecule has 7 heteroatoms. The second-order valence-corrected chi connectivity index (χ2v) is 4.23. The van der Waals surface area contributed by atoms with Gasteiger partial charge < -0.3 is 20.1 Å². The van der Waals surface area contributed by atoms with Crippen molar-refractivity contribution in [1.29, 1.82) is 0 Å². The number of ether oxygens (including phenoxy) is 2. The Bertz CT molecular complexity index is 518. The second kappa shape index (κ2) is 4.73. The van der Waals surface area contributed by atoms with E-state index in [0.29, 0.717) is 22.1 Å². The normalized spacial score (nSPS) is 12.3. The molecule has 0 radical (unpaired) electrons. The fourth-order valence-electron chi connectivity index (χ4n) is 1.62. The van der Waals surface area contributed by atoms with Crippen LogP contribution in [0, 0.1) is 0 Å². The molecule has 0 saturated carbocycles. The average molecular weight is 271 g/mol. The summed E-state index contributed by atoms with van der Waals surface area (Å²) in [6.07, 6.45) is 0. The minimum atomic E-state index is -0.585. The number of benzene rings is 1. The molecule has 2 rings (SSSR count). The molecule has 1 aliphatic heterocycles. The number of carbonyl (C=O) groups is 2. The lowest BCUT2D eigenvalue weighted by Crippen LogP contribution is -2.35. The molecule has 2 amide bonds. The van der Waals surface area contributed by atoms with E-state index in [9.17, 15) is 9.59 Å². The first kappa shape index (κ1) is 12.5. The van der Waals surface area contributed by atoms with Crippen LogP contribution in [-0.2, 0) is 4.79 Å². The molecule has 1 aliphatic rings. The van der Waals surface area contributed by atoms with Gasteiger partial charge in [0.05, 0.1) is 11.6 Å². The third-order valence-electron chi connectivity index (χ3n) is 2.41. The van der Waals surface area contributed by atoms with Crippen LogP contribution in [0.4, 0.5) is 0 Å². The van der Waals surface area contributed by atoms with E-state index < -0.39 is 5.91 Å². The fourth-order valence-corrected chi connectivity index (χ4v) is 1.88. The standard InChI is InChI=1S/C11H11ClN2O4/c1-14(4-9(13)15)11(16)6-2-7(12)10-8(3-6)17-5-18-10/h2-3H,4-5H2,1H3,(H2,13,15). The molecule has 1 aromatic carbocycles. The largest absolute Gasteiger partial charge is 0.454 e. The van der Waals surface area contributed by atoms with Crippen LogP contribution in [0.2, 0.25) is 5.02 Å². The summed E-state index contributed by atoms with van der Waals surface area (Å²) >= 11 is 5.96. The Hall–Kier alpha value is -1.95. The smallest absolute Gasteiger partial charge is 0.254 e. The molecule has 18 heavy (non-hydrogen) atoms. The summed E-state index contributed by atoms with van der Waals surface area (Å²) in [5, 5.41) is 0.292. The SMILES string of the molecule is CN(CC(N)=O)C(=O)c1cc(Cl)c2c(c1)OCO2. The van der Waals surface area contributed by atoms with Crippen LogP contribution in [-0.4, -0.2) is 37.1 Å². The van der Waals surface area contributed by atoms with Crippen LogP contribution in [0.5, 0.6) is 11.5 Å². The van der Waals surface area contributed by atoms with Gasteiger partial charge in [0.25, 0.3) is 5.91 Å². The summed E-state index contributed by atoms with van der Waals surface area (Å²) in [5.41, 5.74) is 5.34. The molecular formula is C11H11ClN2O4. The number of fused-ring (bicyclic) bond motifs is 1. The van der Waals surface area contributed by atoms with Gasteiger partial charge in [-0.1, -0.05) is 11.6 Å². The molecule has 0 unspecified atom stereocenters. The predicted molar refractivity (Wildman–Crippen MR) is 63.7 cm³/mol. The Labute approximate surface area is 108 Å². The molecule has 1 heterocycles. The van der Waals surface area contributed by atoms with Crippen molar-refractivity contribution in [2.45, 2.75) is 0 Å². The van der Waals surface area contributed by atoms with E-state index in [-0.39, 0.29) is 19.2 Å². The highest BCUT2D eigenvalue weighted by Gasteiger charge is 2.22. The van der Waals surface area contributed by atoms with Crippen LogP contribution in [0.1, 0.15) is 10.4 Å². The minimum absolute atomic E-state index is 0.0732. The summed E-state index contributed by atoms with van der Waals surface area (Å²) in [4.78, 5) is 24.0. The number of nitrogens with zero attached hydrogens (tertiary/aromatic N) is 1. The van der Waals surface area contributed by atoms with Gasteiger partial charge in [-0.05, 0) is 12.1 Å². The van der Waals surface area contributed by atoms with Gasteiger partial charge in [0, 0.05) is 12.6 Å². The summed E-state index contributed by atoms with van der Waals surface area (Å²) in [6.45, 7) is -0.0886. The number of carbonyl (C=O) groups excluding carboxylic acids is 2. The lowest BCUT2D eigenvalue weighted by molar-refractivity contribution is -0.118. The molecule has 0 aliphatic carbocycles. The van der Waals surface area contributed by atoms with Gasteiger partial charge in [0.15, 0.2) is 11.5 Å². The number of hydrogen-bond acceptors (Lipinski definition) is 4. The molecule has 0 spiro atoms. The molecule has 0 bridgehead atoms. The van der Waals surface area contributed by atoms with Gasteiger partial charge in [0.1, 0.15) is 0 Å². The third-order valence-corrected chi connectivity index (χ3v) is 2.69. The molecule has 0 saturated heterocycles. The number of nitrogens with two attached hydrogens (primary N) is 1. The summed E-state index contributed by atoms with van der Waals surface area (Å²) in [6, 6.07) is 2.99. The number of likely N-dealkylation sites (N-methyl/N-ethyl adjacent to an activating group) is 1. The maximum absolute atomic E-state index is 12.0. The molecule has 1 aromatic rings. The van der Waals surface area contributed by atoms with E-state index in [0.717, 1.165) is 0 Å². The predicted octanol–water partition coefficient (Wildman–Crippen LogP) is 0.626. The van der Waals surface area contributed by atoms with Crippen LogP contribution < -0.4 is 15.2 Å². The van der Waals surface area contributed by atoms with Crippen molar-refractivity contribution in [1.82, 2.24) is 4.90 Å². The first-order valence-corrected chi connectivity index (χ1v) is 5.49. The van der Waals surface area contributed by atoms with Crippen LogP contribution >= 0.6 is 11.6 Å². The van der Waals surface area contributed by atoms with Crippen molar-refractivity contribution in [3.8, 4) is 11.5 Å². The number of hydrogen-bond donors (Lipinski definition) is 1. The van der Waals surface area contributed by atoms with Gasteiger partial charge in [-0.25, -0.2) is 0 Å². The Kier molecular flexibility index (Phi) is 3.29. The molecule has 96 valence electrons. The van der Waals surface area contributed by atoms with Gasteiger partial charge in [0.2, 0.25) is 12.7 Å². The fraction of sp³-hybridized carbons (Fsp3) is 0.273. The second-order valence-electron chi connectivity index (χ2n) is 3.82. The number of amides is 2. The average Bonchev–Trinajstić information content (AvgIpc) is 2.75. The highest BCUT2D eigenvalue weighted by Crippen LogP contribution is 2.39. The van der Waals surface area contributed by atoms with Crippen molar-refractivity contribution in [2.24, 2.45) is 5.73 Å². The summed E-state index contributed by atoms with van der Waals surface area (Å²) in [5.74, 6) is -0.115. The Morgan fingerprint density at radius 2 is 2.17 bits per heavy atom. The van der Waals surface area contributed by atoms with Gasteiger partial charge in [-0.2, -0.15) is 0 Å². The first-order valence-electron chi connectivity index (χ1n) is 5.12. The maximum atomic E-state index is 12.0. The molecular weight excluding hydrogens is 260 g/mol. The van der Waals surface area contributed by atoms with Crippen molar-refractivity contribution in [3.63, 3.8) is 0 Å². The van der Waals surface area contributed by atoms with E-state index in [4.69, 9.17) is 26.8 Å². The summed E-state index contributed by atoms with van der Waals surface area (Å²) in [7, 11) is 1.48. The van der Waals surface area contributed by atoms with E-state index in [2.05, 4.69) is 0 Å². The monoisotopic (exact) mass is 270 g/mol. The van der Waals surface area contributed by atoms with Crippen molar-refractivity contribution in [3.05, 3.63) is 22.7 Å². The van der Waals surface area contributed by atoms with Crippen LogP contribution in [0.15, 0.2) is 12.1 Å².